The van der Waals surface area contributed by atoms with Crippen LogP contribution in [0.2, 0.25) is 0 Å². The van der Waals surface area contributed by atoms with Crippen molar-refractivity contribution in [3.8, 4) is 5.69 Å². The van der Waals surface area contributed by atoms with Crippen molar-refractivity contribution in [1.82, 2.24) is 19.7 Å². The molecule has 8 heteroatoms. The standard InChI is InChI=1S/C23H23FN4O3/c1-12(2)20-18(13-7-8-23(31,10-13)22(29)30)19-17(9-14-11-25-27-21(14)26-19)28(20)16-5-3-15(24)4-6-16/h3-6,9,11-13,31H,7-8,10H2,1-2H3,(H,29,30)(H,25,26,27)/t13-,23+/m1/s1. The molecule has 160 valence electrons. The van der Waals surface area contributed by atoms with E-state index < -0.39 is 11.6 Å². The number of aliphatic carboxylic acids is 1. The molecule has 0 unspecified atom stereocenters. The largest absolute Gasteiger partial charge is 0.479 e. The molecule has 0 amide bonds. The topological polar surface area (TPSA) is 104 Å². The number of nitrogens with one attached hydrogen (secondary N) is 1. The molecule has 1 aromatic carbocycles. The lowest BCUT2D eigenvalue weighted by Crippen LogP contribution is -2.35. The van der Waals surface area contributed by atoms with E-state index in [0.29, 0.717) is 12.1 Å². The predicted octanol–water partition coefficient (Wildman–Crippen LogP) is 4.25. The summed E-state index contributed by atoms with van der Waals surface area (Å²) in [6.07, 6.45) is 2.58. The van der Waals surface area contributed by atoms with Crippen LogP contribution in [0.4, 0.5) is 4.39 Å². The molecule has 31 heavy (non-hydrogen) atoms. The zero-order valence-electron chi connectivity index (χ0n) is 17.3. The minimum absolute atomic E-state index is 0.0873. The number of rotatable bonds is 4. The molecular formula is C23H23FN4O3. The minimum Gasteiger partial charge on any atom is -0.479 e. The number of H-pyrrole nitrogens is 1. The fourth-order valence-electron chi connectivity index (χ4n) is 4.91. The Labute approximate surface area is 177 Å². The van der Waals surface area contributed by atoms with Crippen molar-refractivity contribution in [3.05, 3.63) is 53.6 Å². The van der Waals surface area contributed by atoms with E-state index in [2.05, 4.69) is 28.6 Å². The number of carboxylic acids is 1. The van der Waals surface area contributed by atoms with Gasteiger partial charge in [-0.15, -0.1) is 0 Å². The summed E-state index contributed by atoms with van der Waals surface area (Å²) in [5, 5.41) is 28.0. The van der Waals surface area contributed by atoms with Gasteiger partial charge in [-0.25, -0.2) is 14.2 Å². The first-order chi connectivity index (χ1) is 14.8. The van der Waals surface area contributed by atoms with Crippen LogP contribution in [-0.2, 0) is 4.79 Å². The second-order valence-corrected chi connectivity index (χ2v) is 8.71. The van der Waals surface area contributed by atoms with Crippen LogP contribution < -0.4 is 0 Å². The van der Waals surface area contributed by atoms with Gasteiger partial charge in [0.15, 0.2) is 11.2 Å². The summed E-state index contributed by atoms with van der Waals surface area (Å²) >= 11 is 0. The van der Waals surface area contributed by atoms with Crippen molar-refractivity contribution in [2.45, 2.75) is 50.5 Å². The number of aliphatic hydroxyl groups is 1. The highest BCUT2D eigenvalue weighted by molar-refractivity contribution is 5.94. The zero-order valence-corrected chi connectivity index (χ0v) is 17.3. The van der Waals surface area contributed by atoms with Gasteiger partial charge in [0.25, 0.3) is 0 Å². The molecule has 1 aliphatic carbocycles. The second kappa shape index (κ2) is 6.88. The van der Waals surface area contributed by atoms with Gasteiger partial charge in [0.1, 0.15) is 5.82 Å². The van der Waals surface area contributed by atoms with E-state index in [1.165, 1.54) is 12.1 Å². The van der Waals surface area contributed by atoms with Crippen LogP contribution in [-0.4, -0.2) is 41.5 Å². The van der Waals surface area contributed by atoms with Gasteiger partial charge in [0.2, 0.25) is 0 Å². The predicted molar refractivity (Wildman–Crippen MR) is 114 cm³/mol. The number of aromatic amines is 1. The third-order valence-electron chi connectivity index (χ3n) is 6.35. The molecule has 3 heterocycles. The van der Waals surface area contributed by atoms with Crippen molar-refractivity contribution in [3.63, 3.8) is 0 Å². The highest BCUT2D eigenvalue weighted by Crippen LogP contribution is 2.47. The Bertz CT molecular complexity index is 1310. The maximum Gasteiger partial charge on any atom is 0.335 e. The number of aromatic nitrogens is 4. The Morgan fingerprint density at radius 2 is 2.06 bits per heavy atom. The molecule has 0 aliphatic heterocycles. The van der Waals surface area contributed by atoms with Gasteiger partial charge in [-0.1, -0.05) is 13.8 Å². The third-order valence-corrected chi connectivity index (χ3v) is 6.35. The number of hydrogen-bond acceptors (Lipinski definition) is 4. The van der Waals surface area contributed by atoms with Gasteiger partial charge in [-0.2, -0.15) is 5.10 Å². The SMILES string of the molecule is CC(C)c1c([C@@H]2CC[C@@](O)(C(=O)O)C2)c2nc3[nH]ncc3cc2n1-c1ccc(F)cc1. The molecule has 3 N–H and O–H groups in total. The summed E-state index contributed by atoms with van der Waals surface area (Å²) < 4.78 is 15.7. The van der Waals surface area contributed by atoms with Crippen LogP contribution in [0.15, 0.2) is 36.5 Å². The summed E-state index contributed by atoms with van der Waals surface area (Å²) in [6, 6.07) is 8.30. The van der Waals surface area contributed by atoms with Crippen molar-refractivity contribution >= 4 is 28.0 Å². The molecule has 7 nitrogen and oxygen atoms in total. The van der Waals surface area contributed by atoms with E-state index in [0.717, 1.165) is 33.4 Å². The van der Waals surface area contributed by atoms with Gasteiger partial charge < -0.3 is 14.8 Å². The van der Waals surface area contributed by atoms with Crippen LogP contribution in [0.3, 0.4) is 0 Å². The Morgan fingerprint density at radius 3 is 2.71 bits per heavy atom. The zero-order chi connectivity index (χ0) is 21.9. The average molecular weight is 422 g/mol. The van der Waals surface area contributed by atoms with E-state index in [1.54, 1.807) is 18.3 Å². The number of benzene rings is 1. The second-order valence-electron chi connectivity index (χ2n) is 8.71. The van der Waals surface area contributed by atoms with E-state index in [4.69, 9.17) is 4.98 Å². The summed E-state index contributed by atoms with van der Waals surface area (Å²) in [4.78, 5) is 16.5. The lowest BCUT2D eigenvalue weighted by molar-refractivity contribution is -0.157. The molecule has 3 aromatic heterocycles. The maximum absolute atomic E-state index is 13.6. The van der Waals surface area contributed by atoms with Gasteiger partial charge >= 0.3 is 5.97 Å². The molecular weight excluding hydrogens is 399 g/mol. The molecule has 1 saturated carbocycles. The van der Waals surface area contributed by atoms with Crippen molar-refractivity contribution in [1.29, 1.82) is 0 Å². The molecule has 0 radical (unpaired) electrons. The van der Waals surface area contributed by atoms with Gasteiger partial charge in [0, 0.05) is 22.3 Å². The molecule has 1 fully saturated rings. The van der Waals surface area contributed by atoms with Crippen LogP contribution in [0.25, 0.3) is 27.8 Å². The number of carbonyl (C=O) groups is 1. The normalized spacial score (nSPS) is 21.5. The maximum atomic E-state index is 13.6. The number of hydrogen-bond donors (Lipinski definition) is 3. The molecule has 4 aromatic rings. The van der Waals surface area contributed by atoms with E-state index in [1.807, 2.05) is 6.07 Å². The average Bonchev–Trinajstić information content (AvgIpc) is 3.42. The highest BCUT2D eigenvalue weighted by atomic mass is 19.1. The van der Waals surface area contributed by atoms with E-state index in [9.17, 15) is 19.4 Å². The minimum atomic E-state index is -1.73. The third kappa shape index (κ3) is 3.01. The van der Waals surface area contributed by atoms with Crippen molar-refractivity contribution < 1.29 is 19.4 Å². The summed E-state index contributed by atoms with van der Waals surface area (Å²) in [6.45, 7) is 4.15. The first-order valence-electron chi connectivity index (χ1n) is 10.4. The number of halogens is 1. The van der Waals surface area contributed by atoms with Crippen molar-refractivity contribution in [2.24, 2.45) is 0 Å². The van der Waals surface area contributed by atoms with Gasteiger partial charge in [-0.3, -0.25) is 5.10 Å². The Balaban J connectivity index is 1.82. The van der Waals surface area contributed by atoms with Crippen LogP contribution >= 0.6 is 0 Å². The molecule has 0 spiro atoms. The Morgan fingerprint density at radius 1 is 1.32 bits per heavy atom. The van der Waals surface area contributed by atoms with E-state index in [-0.39, 0.29) is 30.5 Å². The van der Waals surface area contributed by atoms with Gasteiger partial charge in [0.05, 0.1) is 17.2 Å². The summed E-state index contributed by atoms with van der Waals surface area (Å²) in [7, 11) is 0. The van der Waals surface area contributed by atoms with Gasteiger partial charge in [-0.05, 0) is 61.4 Å². The number of nitrogens with zero attached hydrogens (tertiary/aromatic N) is 3. The lowest BCUT2D eigenvalue weighted by Gasteiger charge is -2.20. The fraction of sp³-hybridized carbons (Fsp3) is 0.348. The first-order valence-corrected chi connectivity index (χ1v) is 10.4. The highest BCUT2D eigenvalue weighted by Gasteiger charge is 2.46. The molecule has 5 rings (SSSR count). The first kappa shape index (κ1) is 19.7. The molecule has 0 saturated heterocycles. The van der Waals surface area contributed by atoms with Crippen LogP contribution in [0.5, 0.6) is 0 Å². The summed E-state index contributed by atoms with van der Waals surface area (Å²) in [5.74, 6) is -1.57. The Kier molecular flexibility index (Phi) is 4.37. The number of carboxylic acid groups (broad SMARTS) is 1. The van der Waals surface area contributed by atoms with Crippen LogP contribution in [0.1, 0.15) is 56.2 Å². The van der Waals surface area contributed by atoms with Crippen LogP contribution in [0, 0.1) is 5.82 Å². The number of pyridine rings is 1. The van der Waals surface area contributed by atoms with Crippen molar-refractivity contribution in [2.75, 3.05) is 0 Å². The molecule has 1 aliphatic rings. The fourth-order valence-corrected chi connectivity index (χ4v) is 4.91. The quantitative estimate of drug-likeness (QED) is 0.456. The smallest absolute Gasteiger partial charge is 0.335 e. The summed E-state index contributed by atoms with van der Waals surface area (Å²) in [5.41, 5.74) is 3.26. The Hall–Kier alpha value is -3.26. The molecule has 0 bridgehead atoms. The lowest BCUT2D eigenvalue weighted by atomic mass is 9.90. The number of fused-ring (bicyclic) bond motifs is 2. The monoisotopic (exact) mass is 422 g/mol. The van der Waals surface area contributed by atoms with E-state index >= 15 is 0 Å². The molecule has 2 atom stereocenters.